The molecule has 1 amide bonds. The van der Waals surface area contributed by atoms with Crippen LogP contribution in [0, 0.1) is 6.92 Å². The first-order chi connectivity index (χ1) is 9.85. The normalized spacial score (nSPS) is 12.3. The molecule has 0 bridgehead atoms. The molecule has 0 spiro atoms. The Balaban J connectivity index is 2.76. The molecule has 0 saturated heterocycles. The predicted molar refractivity (Wildman–Crippen MR) is 86.6 cm³/mol. The van der Waals surface area contributed by atoms with E-state index in [9.17, 15) is 4.79 Å². The number of rotatable bonds is 7. The summed E-state index contributed by atoms with van der Waals surface area (Å²) in [4.78, 5) is 13.7. The van der Waals surface area contributed by atoms with E-state index in [4.69, 9.17) is 10.5 Å². The van der Waals surface area contributed by atoms with Crippen LogP contribution in [0.2, 0.25) is 0 Å². The van der Waals surface area contributed by atoms with Gasteiger partial charge in [-0.2, -0.15) is 0 Å². The Morgan fingerprint density at radius 3 is 2.62 bits per heavy atom. The summed E-state index contributed by atoms with van der Waals surface area (Å²) in [6.07, 6.45) is 1.68. The van der Waals surface area contributed by atoms with Crippen LogP contribution >= 0.6 is 0 Å². The van der Waals surface area contributed by atoms with Crippen LogP contribution in [0.3, 0.4) is 0 Å². The summed E-state index contributed by atoms with van der Waals surface area (Å²) in [7, 11) is 1.79. The maximum Gasteiger partial charge on any atom is 0.260 e. The largest absolute Gasteiger partial charge is 0.483 e. The number of ether oxygens (including phenoxy) is 1. The van der Waals surface area contributed by atoms with Gasteiger partial charge < -0.3 is 15.4 Å². The summed E-state index contributed by atoms with van der Waals surface area (Å²) in [5, 5.41) is 0. The molecular formula is C17H28N2O2. The van der Waals surface area contributed by atoms with Gasteiger partial charge in [0.05, 0.1) is 0 Å². The lowest BCUT2D eigenvalue weighted by molar-refractivity contribution is -0.133. The highest BCUT2D eigenvalue weighted by atomic mass is 16.5. The van der Waals surface area contributed by atoms with Gasteiger partial charge in [-0.15, -0.1) is 0 Å². The van der Waals surface area contributed by atoms with Crippen LogP contribution < -0.4 is 10.5 Å². The van der Waals surface area contributed by atoms with Crippen LogP contribution in [0.1, 0.15) is 38.3 Å². The van der Waals surface area contributed by atoms with E-state index in [0.29, 0.717) is 0 Å². The van der Waals surface area contributed by atoms with Gasteiger partial charge in [0, 0.05) is 19.1 Å². The highest BCUT2D eigenvalue weighted by Crippen LogP contribution is 2.22. The zero-order valence-corrected chi connectivity index (χ0v) is 13.8. The van der Waals surface area contributed by atoms with E-state index >= 15 is 0 Å². The lowest BCUT2D eigenvalue weighted by Crippen LogP contribution is -2.36. The molecule has 2 N–H and O–H groups in total. The van der Waals surface area contributed by atoms with Crippen molar-refractivity contribution in [2.24, 2.45) is 5.73 Å². The fraction of sp³-hybridized carbons (Fsp3) is 0.588. The second-order valence-electron chi connectivity index (χ2n) is 5.87. The lowest BCUT2D eigenvalue weighted by atomic mass is 10.0. The first-order valence-electron chi connectivity index (χ1n) is 7.58. The lowest BCUT2D eigenvalue weighted by Gasteiger charge is -2.22. The highest BCUT2D eigenvalue weighted by molar-refractivity contribution is 5.77. The average Bonchev–Trinajstić information content (AvgIpc) is 2.44. The van der Waals surface area contributed by atoms with Crippen molar-refractivity contribution in [3.05, 3.63) is 29.3 Å². The Morgan fingerprint density at radius 2 is 2.05 bits per heavy atom. The van der Waals surface area contributed by atoms with E-state index in [1.165, 1.54) is 5.56 Å². The third kappa shape index (κ3) is 5.38. The summed E-state index contributed by atoms with van der Waals surface area (Å²) >= 11 is 0. The number of aryl methyl sites for hydroxylation is 1. The fourth-order valence-corrected chi connectivity index (χ4v) is 1.96. The highest BCUT2D eigenvalue weighted by Gasteiger charge is 2.14. The third-order valence-corrected chi connectivity index (χ3v) is 3.74. The predicted octanol–water partition coefficient (Wildman–Crippen LogP) is 2.52. The van der Waals surface area contributed by atoms with Crippen LogP contribution in [0.15, 0.2) is 18.2 Å². The molecule has 0 radical (unpaired) electrons. The number of likely N-dealkylation sites (N-methyl/N-ethyl adjacent to an activating group) is 1. The van der Waals surface area contributed by atoms with Crippen molar-refractivity contribution >= 4 is 5.91 Å². The van der Waals surface area contributed by atoms with Gasteiger partial charge in [-0.3, -0.25) is 4.79 Å². The first kappa shape index (κ1) is 17.5. The molecule has 4 nitrogen and oxygen atoms in total. The van der Waals surface area contributed by atoms with Gasteiger partial charge in [0.25, 0.3) is 5.91 Å². The van der Waals surface area contributed by atoms with Crippen molar-refractivity contribution in [3.8, 4) is 5.75 Å². The smallest absolute Gasteiger partial charge is 0.260 e. The van der Waals surface area contributed by atoms with E-state index < -0.39 is 0 Å². The third-order valence-electron chi connectivity index (χ3n) is 3.74. The van der Waals surface area contributed by atoms with Gasteiger partial charge in [-0.1, -0.05) is 24.6 Å². The Kier molecular flexibility index (Phi) is 6.69. The topological polar surface area (TPSA) is 55.6 Å². The molecule has 1 aromatic rings. The first-order valence-corrected chi connectivity index (χ1v) is 7.58. The van der Waals surface area contributed by atoms with Crippen LogP contribution in [-0.2, 0) is 11.2 Å². The zero-order chi connectivity index (χ0) is 16.0. The average molecular weight is 292 g/mol. The van der Waals surface area contributed by atoms with Gasteiger partial charge in [0.2, 0.25) is 0 Å². The van der Waals surface area contributed by atoms with Gasteiger partial charge in [0.1, 0.15) is 5.75 Å². The maximum atomic E-state index is 12.0. The molecule has 1 aromatic carbocycles. The van der Waals surface area contributed by atoms with Gasteiger partial charge in [0.15, 0.2) is 6.61 Å². The number of carbonyl (C=O) groups is 1. The number of nitrogens with two attached hydrogens (primary N) is 1. The van der Waals surface area contributed by atoms with Crippen molar-refractivity contribution in [1.82, 2.24) is 4.90 Å². The molecular weight excluding hydrogens is 264 g/mol. The number of benzene rings is 1. The molecule has 0 aliphatic carbocycles. The summed E-state index contributed by atoms with van der Waals surface area (Å²) in [6, 6.07) is 6.29. The summed E-state index contributed by atoms with van der Waals surface area (Å²) in [5.41, 5.74) is 8.28. The number of hydrogen-bond acceptors (Lipinski definition) is 3. The summed E-state index contributed by atoms with van der Waals surface area (Å²) < 4.78 is 5.72. The molecule has 0 fully saturated rings. The minimum atomic E-state index is -0.0173. The fourth-order valence-electron chi connectivity index (χ4n) is 1.96. The molecule has 0 saturated carbocycles. The second kappa shape index (κ2) is 8.03. The molecule has 0 aromatic heterocycles. The summed E-state index contributed by atoms with van der Waals surface area (Å²) in [6.45, 7) is 8.14. The molecule has 0 aliphatic heterocycles. The number of carbonyl (C=O) groups excluding carboxylic acids is 1. The molecule has 118 valence electrons. The molecule has 0 aliphatic rings. The molecule has 1 rings (SSSR count). The zero-order valence-electron chi connectivity index (χ0n) is 13.8. The standard InChI is InChI=1S/C17H28N2O2/c1-6-15(18)10-14-9-13(4)7-8-16(14)21-11-17(20)19(5)12(2)3/h7-9,12,15H,6,10-11,18H2,1-5H3. The Bertz CT molecular complexity index is 472. The van der Waals surface area contributed by atoms with E-state index in [1.54, 1.807) is 11.9 Å². The number of hydrogen-bond donors (Lipinski definition) is 1. The van der Waals surface area contributed by atoms with Crippen molar-refractivity contribution in [2.45, 2.75) is 52.6 Å². The monoisotopic (exact) mass is 292 g/mol. The number of nitrogens with zero attached hydrogens (tertiary/aromatic N) is 1. The van der Waals surface area contributed by atoms with Crippen LogP contribution in [0.4, 0.5) is 0 Å². The van der Waals surface area contributed by atoms with Gasteiger partial charge in [-0.25, -0.2) is 0 Å². The van der Waals surface area contributed by atoms with Crippen LogP contribution in [0.5, 0.6) is 5.75 Å². The second-order valence-corrected chi connectivity index (χ2v) is 5.87. The Hall–Kier alpha value is -1.55. The number of amides is 1. The van der Waals surface area contributed by atoms with E-state index in [1.807, 2.05) is 32.9 Å². The molecule has 21 heavy (non-hydrogen) atoms. The molecule has 0 heterocycles. The van der Waals surface area contributed by atoms with Crippen molar-refractivity contribution in [2.75, 3.05) is 13.7 Å². The molecule has 1 atom stereocenters. The molecule has 4 heteroatoms. The van der Waals surface area contributed by atoms with Crippen LogP contribution in [-0.4, -0.2) is 36.5 Å². The SMILES string of the molecule is CCC(N)Cc1cc(C)ccc1OCC(=O)N(C)C(C)C. The van der Waals surface area contributed by atoms with Gasteiger partial charge in [-0.05, 0) is 45.2 Å². The quantitative estimate of drug-likeness (QED) is 0.840. The van der Waals surface area contributed by atoms with Crippen LogP contribution in [0.25, 0.3) is 0 Å². The van der Waals surface area contributed by atoms with Crippen molar-refractivity contribution < 1.29 is 9.53 Å². The van der Waals surface area contributed by atoms with Crippen molar-refractivity contribution in [1.29, 1.82) is 0 Å². The Morgan fingerprint density at radius 1 is 1.38 bits per heavy atom. The van der Waals surface area contributed by atoms with E-state index in [0.717, 1.165) is 24.2 Å². The Labute approximate surface area is 128 Å². The minimum absolute atomic E-state index is 0.0173. The molecule has 1 unspecified atom stereocenters. The minimum Gasteiger partial charge on any atom is -0.483 e. The van der Waals surface area contributed by atoms with E-state index in [-0.39, 0.29) is 24.6 Å². The summed E-state index contributed by atoms with van der Waals surface area (Å²) in [5.74, 6) is 0.742. The van der Waals surface area contributed by atoms with Gasteiger partial charge >= 0.3 is 0 Å². The maximum absolute atomic E-state index is 12.0. The van der Waals surface area contributed by atoms with E-state index in [2.05, 4.69) is 13.0 Å². The van der Waals surface area contributed by atoms with Crippen molar-refractivity contribution in [3.63, 3.8) is 0 Å².